The minimum atomic E-state index is -4.01. The first-order chi connectivity index (χ1) is 38.4. The van der Waals surface area contributed by atoms with Gasteiger partial charge in [0.05, 0.1) is 5.41 Å². The van der Waals surface area contributed by atoms with Crippen molar-refractivity contribution >= 4 is 16.1 Å². The molecule has 0 N–H and O–H groups in total. The van der Waals surface area contributed by atoms with E-state index in [1.807, 2.05) is 25.1 Å². The van der Waals surface area contributed by atoms with Gasteiger partial charge in [0, 0.05) is 16.1 Å². The van der Waals surface area contributed by atoms with Crippen LogP contribution in [0.3, 0.4) is 0 Å². The molecule has 0 atom stereocenters. The number of benzene rings is 4. The van der Waals surface area contributed by atoms with Gasteiger partial charge in [-0.2, -0.15) is 13.2 Å². The van der Waals surface area contributed by atoms with E-state index in [1.165, 1.54) is 147 Å². The van der Waals surface area contributed by atoms with Gasteiger partial charge in [0.1, 0.15) is 0 Å². The van der Waals surface area contributed by atoms with E-state index in [0.29, 0.717) is 30.1 Å². The van der Waals surface area contributed by atoms with Gasteiger partial charge in [-0.3, -0.25) is 0 Å². The lowest BCUT2D eigenvalue weighted by Crippen LogP contribution is -2.38. The molecule has 4 aliphatic rings. The van der Waals surface area contributed by atoms with Crippen molar-refractivity contribution in [2.24, 2.45) is 34.5 Å². The number of aryl methyl sites for hydroxylation is 5. The van der Waals surface area contributed by atoms with Crippen molar-refractivity contribution in [2.45, 2.75) is 316 Å². The van der Waals surface area contributed by atoms with Crippen molar-refractivity contribution in [3.8, 4) is 0 Å². The molecule has 0 spiro atoms. The highest BCUT2D eigenvalue weighted by atomic mass is 28.3. The third kappa shape index (κ3) is 42.6. The maximum absolute atomic E-state index is 12.5. The molecule has 0 aromatic heterocycles. The lowest BCUT2D eigenvalue weighted by atomic mass is 9.72. The second-order valence-corrected chi connectivity index (χ2v) is 42.1. The molecule has 0 unspecified atom stereocenters. The normalized spacial score (nSPS) is 18.9. The average Bonchev–Trinajstić information content (AvgIpc) is 3.90. The Morgan fingerprint density at radius 1 is 0.446 bits per heavy atom. The summed E-state index contributed by atoms with van der Waals surface area (Å²) in [5.74, 6) is 4.21. The predicted molar refractivity (Wildman–Crippen MR) is 378 cm³/mol. The molecule has 83 heavy (non-hydrogen) atoms. The maximum Gasteiger partial charge on any atom is 0.394 e. The van der Waals surface area contributed by atoms with Gasteiger partial charge in [0.15, 0.2) is 0 Å². The Morgan fingerprint density at radius 2 is 0.759 bits per heavy atom. The molecule has 478 valence electrons. The molecule has 4 fully saturated rings. The van der Waals surface area contributed by atoms with Crippen LogP contribution in [-0.4, -0.2) is 22.3 Å². The molecule has 8 rings (SSSR count). The predicted octanol–water partition coefficient (Wildman–Crippen LogP) is 27.6. The van der Waals surface area contributed by atoms with Crippen LogP contribution in [0, 0.1) is 69.1 Å². The smallest absolute Gasteiger partial charge is 0.171 e. The van der Waals surface area contributed by atoms with Crippen molar-refractivity contribution in [1.29, 1.82) is 0 Å². The molecule has 0 aliphatic heterocycles. The molecule has 0 nitrogen and oxygen atoms in total. The highest BCUT2D eigenvalue weighted by molar-refractivity contribution is 6.78. The zero-order valence-electron chi connectivity index (χ0n) is 59.5. The molecule has 0 heterocycles. The largest absolute Gasteiger partial charge is 0.394 e. The van der Waals surface area contributed by atoms with Crippen LogP contribution in [0.15, 0.2) is 103 Å². The second kappa shape index (κ2) is 42.9. The Morgan fingerprint density at radius 3 is 0.976 bits per heavy atom. The van der Waals surface area contributed by atoms with Gasteiger partial charge in [-0.1, -0.05) is 334 Å². The minimum absolute atomic E-state index is 0.283. The number of rotatable bonds is 4. The molecule has 4 aromatic carbocycles. The van der Waals surface area contributed by atoms with Crippen LogP contribution >= 0.6 is 0 Å². The Balaban J connectivity index is 0. The van der Waals surface area contributed by atoms with Crippen molar-refractivity contribution in [2.75, 3.05) is 0 Å². The fraction of sp³-hybridized carbons (Fsp3) is 0.692. The summed E-state index contributed by atoms with van der Waals surface area (Å²) < 4.78 is 37.4. The Kier molecular flexibility index (Phi) is 42.4. The van der Waals surface area contributed by atoms with Crippen molar-refractivity contribution in [3.63, 3.8) is 0 Å². The van der Waals surface area contributed by atoms with Gasteiger partial charge < -0.3 is 0 Å². The summed E-state index contributed by atoms with van der Waals surface area (Å²) in [6, 6.07) is 40.1. The molecule has 0 bridgehead atoms. The fourth-order valence-corrected chi connectivity index (χ4v) is 11.8. The van der Waals surface area contributed by atoms with E-state index in [9.17, 15) is 13.2 Å². The number of alkyl halides is 3. The first kappa shape index (κ1) is 82.2. The van der Waals surface area contributed by atoms with Gasteiger partial charge in [-0.25, -0.2) is 0 Å². The Labute approximate surface area is 519 Å². The Bertz CT molecular complexity index is 2100. The molecule has 0 amide bonds. The summed E-state index contributed by atoms with van der Waals surface area (Å²) in [5, 5.41) is 0. The highest BCUT2D eigenvalue weighted by Crippen LogP contribution is 2.49. The van der Waals surface area contributed by atoms with E-state index in [1.54, 1.807) is 0 Å². The van der Waals surface area contributed by atoms with E-state index in [0.717, 1.165) is 30.6 Å². The van der Waals surface area contributed by atoms with Gasteiger partial charge >= 0.3 is 6.18 Å². The number of hydrogen-bond donors (Lipinski definition) is 0. The summed E-state index contributed by atoms with van der Waals surface area (Å²) in [6.45, 7) is 55.9. The van der Waals surface area contributed by atoms with Crippen LogP contribution in [-0.2, 0) is 5.41 Å². The van der Waals surface area contributed by atoms with E-state index < -0.39 is 27.7 Å². The van der Waals surface area contributed by atoms with E-state index in [-0.39, 0.29) is 5.41 Å². The summed E-state index contributed by atoms with van der Waals surface area (Å²) in [5.41, 5.74) is 9.29. The lowest BCUT2D eigenvalue weighted by Gasteiger charge is -2.37. The van der Waals surface area contributed by atoms with Crippen LogP contribution in [0.1, 0.15) is 258 Å². The quantitative estimate of drug-likeness (QED) is 0.179. The molecule has 4 saturated carbocycles. The summed E-state index contributed by atoms with van der Waals surface area (Å²) in [7, 11) is -1.28. The molecular weight excluding hydrogens is 1050 g/mol. The molecule has 0 radical (unpaired) electrons. The van der Waals surface area contributed by atoms with Crippen LogP contribution in [0.5, 0.6) is 0 Å². The third-order valence-corrected chi connectivity index (χ3v) is 23.0. The highest BCUT2D eigenvalue weighted by Gasteiger charge is 2.51. The van der Waals surface area contributed by atoms with E-state index in [2.05, 4.69) is 242 Å². The number of hydrogen-bond acceptors (Lipinski definition) is 0. The van der Waals surface area contributed by atoms with E-state index in [4.69, 9.17) is 0 Å². The topological polar surface area (TPSA) is 0 Å². The molecule has 4 aromatic rings. The van der Waals surface area contributed by atoms with Crippen LogP contribution in [0.4, 0.5) is 13.2 Å². The van der Waals surface area contributed by atoms with Crippen LogP contribution in [0.25, 0.3) is 0 Å². The van der Waals surface area contributed by atoms with Crippen molar-refractivity contribution < 1.29 is 13.2 Å². The summed E-state index contributed by atoms with van der Waals surface area (Å²) in [4.78, 5) is 0. The zero-order valence-corrected chi connectivity index (χ0v) is 61.5. The fourth-order valence-electron chi connectivity index (χ4n) is 10.3. The first-order valence-corrected chi connectivity index (χ1v) is 40.7. The summed E-state index contributed by atoms with van der Waals surface area (Å²) in [6.07, 6.45) is 17.2. The van der Waals surface area contributed by atoms with Crippen molar-refractivity contribution in [3.05, 3.63) is 142 Å². The van der Waals surface area contributed by atoms with Crippen LogP contribution in [0.2, 0.25) is 50.9 Å². The first-order valence-electron chi connectivity index (χ1n) is 33.6. The average molecular weight is 1190 g/mol. The Hall–Kier alpha value is -2.90. The zero-order chi connectivity index (χ0) is 64.1. The molecular formula is C78H137F3Si2. The lowest BCUT2D eigenvalue weighted by molar-refractivity contribution is -0.229. The monoisotopic (exact) mass is 1190 g/mol. The van der Waals surface area contributed by atoms with Crippen LogP contribution < -0.4 is 0 Å². The van der Waals surface area contributed by atoms with Gasteiger partial charge in [0.2, 0.25) is 0 Å². The molecule has 4 aliphatic carbocycles. The SMILES string of the molecule is CC1CCC(C)(C(F)(F)F)CC1.CC1CCC(C)(C)CC1.CC1CCCC1.CC1CCCCC1.CC[Si](C)(CC)CC.C[Si](C)(C)C.Cc1ccccc1.Cc1ccccc1C.Cc1ccccc1C(C)(C)C.Cc1ccccc1C(C)C. The summed E-state index contributed by atoms with van der Waals surface area (Å²) >= 11 is 0. The van der Waals surface area contributed by atoms with Gasteiger partial charge in [0.25, 0.3) is 0 Å². The van der Waals surface area contributed by atoms with Gasteiger partial charge in [-0.15, -0.1) is 0 Å². The van der Waals surface area contributed by atoms with Gasteiger partial charge in [-0.05, 0) is 147 Å². The minimum Gasteiger partial charge on any atom is -0.171 e. The van der Waals surface area contributed by atoms with E-state index >= 15 is 0 Å². The molecule has 0 saturated heterocycles. The molecule has 5 heteroatoms. The second-order valence-electron chi connectivity index (χ2n) is 30.4. The standard InChI is InChI=1S/C11H16.C10H14.C9H15F3.C9H18.C8H10.C7H18Si.C7H14.C7H8.C6H12.C4H12Si/c1-9-7-5-6-8-10(9)11(2,3)4;1-8(2)10-7-5-4-6-9(10)3;1-7-3-5-8(2,6-4-7)9(10,11)12;1-8-4-6-9(2,3)7-5-8;1-7-5-3-4-6-8(7)2;1-5-8(4,6-2)7-3;2*1-7-5-3-2-4-6-7;1-6-4-2-3-5-6;1-5(2,3)4/h5-8H,1-4H3;4-8H,1-3H3;7H,3-6H2,1-2H3;8H,4-7H2,1-3H3;3-6H,1-2H3;5-7H2,1-4H3;7H,2-6H2,1H3;2-6H,1H3;6H,2-5H2,1H3;1-4H3. The number of halogens is 3. The van der Waals surface area contributed by atoms with Crippen molar-refractivity contribution in [1.82, 2.24) is 0 Å². The third-order valence-electron chi connectivity index (χ3n) is 17.9. The maximum atomic E-state index is 12.5.